The van der Waals surface area contributed by atoms with Crippen molar-refractivity contribution in [2.75, 3.05) is 24.6 Å². The number of aryl methyl sites for hydroxylation is 1. The van der Waals surface area contributed by atoms with Crippen molar-refractivity contribution in [3.8, 4) is 0 Å². The van der Waals surface area contributed by atoms with Gasteiger partial charge in [-0.1, -0.05) is 11.3 Å². The zero-order chi connectivity index (χ0) is 13.5. The number of hydrogen-bond acceptors (Lipinski definition) is 5. The summed E-state index contributed by atoms with van der Waals surface area (Å²) in [6, 6.07) is 0. The maximum Gasteiger partial charge on any atom is 0.350 e. The molecule has 0 aromatic carbocycles. The van der Waals surface area contributed by atoms with Crippen molar-refractivity contribution in [3.05, 3.63) is 10.6 Å². The molecule has 1 aromatic rings. The van der Waals surface area contributed by atoms with E-state index in [1.807, 2.05) is 13.8 Å². The monoisotopic (exact) mass is 280 g/mol. The van der Waals surface area contributed by atoms with Gasteiger partial charge >= 0.3 is 5.97 Å². The molecule has 1 aliphatic carbocycles. The lowest BCUT2D eigenvalue weighted by molar-refractivity contribution is 0.0531. The Labute approximate surface area is 117 Å². The molecule has 2 aliphatic rings. The number of ether oxygens (including phenoxy) is 1. The molecule has 0 N–H and O–H groups in total. The number of anilines is 1. The second kappa shape index (κ2) is 4.78. The summed E-state index contributed by atoms with van der Waals surface area (Å²) >= 11 is 1.48. The van der Waals surface area contributed by atoms with E-state index in [2.05, 4.69) is 9.88 Å². The van der Waals surface area contributed by atoms with Crippen LogP contribution in [-0.2, 0) is 4.74 Å². The zero-order valence-electron chi connectivity index (χ0n) is 11.6. The second-order valence-electron chi connectivity index (χ2n) is 5.66. The van der Waals surface area contributed by atoms with Crippen LogP contribution < -0.4 is 4.90 Å². The Morgan fingerprint density at radius 1 is 1.47 bits per heavy atom. The van der Waals surface area contributed by atoms with Crippen LogP contribution in [0, 0.1) is 12.3 Å². The molecular weight excluding hydrogens is 260 g/mol. The van der Waals surface area contributed by atoms with Gasteiger partial charge in [-0.15, -0.1) is 0 Å². The number of esters is 1. The quantitative estimate of drug-likeness (QED) is 0.798. The van der Waals surface area contributed by atoms with Gasteiger partial charge in [-0.2, -0.15) is 0 Å². The second-order valence-corrected chi connectivity index (χ2v) is 6.63. The Kier molecular flexibility index (Phi) is 3.25. The number of nitrogens with zero attached hydrogens (tertiary/aromatic N) is 2. The number of aromatic nitrogens is 1. The van der Waals surface area contributed by atoms with Gasteiger partial charge in [-0.05, 0) is 44.9 Å². The topological polar surface area (TPSA) is 42.4 Å². The highest BCUT2D eigenvalue weighted by Crippen LogP contribution is 2.52. The summed E-state index contributed by atoms with van der Waals surface area (Å²) in [5.41, 5.74) is 1.37. The molecule has 2 heterocycles. The minimum absolute atomic E-state index is 0.234. The predicted octanol–water partition coefficient (Wildman–Crippen LogP) is 3.01. The van der Waals surface area contributed by atoms with Gasteiger partial charge in [0.2, 0.25) is 0 Å². The summed E-state index contributed by atoms with van der Waals surface area (Å²) in [6.07, 6.45) is 5.32. The van der Waals surface area contributed by atoms with E-state index in [0.29, 0.717) is 16.9 Å². The SMILES string of the molecule is CCOC(=O)c1sc(N2CCCC3(CC3)C2)nc1C. The molecule has 0 amide bonds. The largest absolute Gasteiger partial charge is 0.462 e. The van der Waals surface area contributed by atoms with Crippen molar-refractivity contribution in [2.45, 2.75) is 39.5 Å². The molecule has 0 unspecified atom stereocenters. The fourth-order valence-corrected chi connectivity index (χ4v) is 3.85. The number of rotatable bonds is 3. The Balaban J connectivity index is 1.78. The van der Waals surface area contributed by atoms with E-state index < -0.39 is 0 Å². The summed E-state index contributed by atoms with van der Waals surface area (Å²) < 4.78 is 5.08. The average Bonchev–Trinajstić information content (AvgIpc) is 3.00. The molecule has 4 nitrogen and oxygen atoms in total. The van der Waals surface area contributed by atoms with Crippen LogP contribution in [0.4, 0.5) is 5.13 Å². The number of carbonyl (C=O) groups excluding carboxylic acids is 1. The third kappa shape index (κ3) is 2.48. The van der Waals surface area contributed by atoms with Crippen molar-refractivity contribution in [1.29, 1.82) is 0 Å². The van der Waals surface area contributed by atoms with Crippen LogP contribution in [0.25, 0.3) is 0 Å². The molecule has 0 radical (unpaired) electrons. The Bertz CT molecular complexity index is 494. The minimum Gasteiger partial charge on any atom is -0.462 e. The lowest BCUT2D eigenvalue weighted by Gasteiger charge is -2.32. The normalized spacial score (nSPS) is 20.6. The fourth-order valence-electron chi connectivity index (χ4n) is 2.86. The summed E-state index contributed by atoms with van der Waals surface area (Å²) in [7, 11) is 0. The molecule has 0 bridgehead atoms. The van der Waals surface area contributed by atoms with E-state index in [0.717, 1.165) is 23.9 Å². The van der Waals surface area contributed by atoms with Gasteiger partial charge in [0, 0.05) is 13.1 Å². The van der Waals surface area contributed by atoms with Gasteiger partial charge in [0.15, 0.2) is 5.13 Å². The van der Waals surface area contributed by atoms with Gasteiger partial charge in [0.1, 0.15) is 4.88 Å². The third-order valence-corrected chi connectivity index (χ3v) is 5.33. The van der Waals surface area contributed by atoms with Crippen LogP contribution in [0.1, 0.15) is 48.0 Å². The number of thiazole rings is 1. The van der Waals surface area contributed by atoms with Crippen molar-refractivity contribution >= 4 is 22.4 Å². The molecule has 104 valence electrons. The first-order valence-corrected chi connectivity index (χ1v) is 7.85. The highest BCUT2D eigenvalue weighted by Gasteiger charge is 2.46. The molecule has 5 heteroatoms. The maximum absolute atomic E-state index is 11.8. The predicted molar refractivity (Wildman–Crippen MR) is 75.9 cm³/mol. The highest BCUT2D eigenvalue weighted by atomic mass is 32.1. The number of hydrogen-bond donors (Lipinski definition) is 0. The number of piperidine rings is 1. The van der Waals surface area contributed by atoms with Gasteiger partial charge in [-0.25, -0.2) is 9.78 Å². The van der Waals surface area contributed by atoms with Crippen molar-refractivity contribution in [3.63, 3.8) is 0 Å². The smallest absolute Gasteiger partial charge is 0.350 e. The average molecular weight is 280 g/mol. The molecule has 0 atom stereocenters. The van der Waals surface area contributed by atoms with Crippen molar-refractivity contribution < 1.29 is 9.53 Å². The molecule has 19 heavy (non-hydrogen) atoms. The highest BCUT2D eigenvalue weighted by molar-refractivity contribution is 7.17. The van der Waals surface area contributed by atoms with Crippen LogP contribution in [0.5, 0.6) is 0 Å². The molecule has 1 saturated heterocycles. The van der Waals surface area contributed by atoms with Crippen LogP contribution in [0.15, 0.2) is 0 Å². The fraction of sp³-hybridized carbons (Fsp3) is 0.714. The standard InChI is InChI=1S/C14H20N2O2S/c1-3-18-12(17)11-10(2)15-13(19-11)16-8-4-5-14(9-16)6-7-14/h3-9H2,1-2H3. The molecule has 3 rings (SSSR count). The van der Waals surface area contributed by atoms with Crippen LogP contribution >= 0.6 is 11.3 Å². The Morgan fingerprint density at radius 2 is 2.26 bits per heavy atom. The van der Waals surface area contributed by atoms with Crippen LogP contribution in [0.3, 0.4) is 0 Å². The third-order valence-electron chi connectivity index (χ3n) is 4.14. The van der Waals surface area contributed by atoms with E-state index in [1.54, 1.807) is 0 Å². The van der Waals surface area contributed by atoms with Gasteiger partial charge in [0.05, 0.1) is 12.3 Å². The summed E-state index contributed by atoms with van der Waals surface area (Å²) in [4.78, 5) is 19.4. The van der Waals surface area contributed by atoms with E-state index >= 15 is 0 Å². The minimum atomic E-state index is -0.234. The first-order valence-electron chi connectivity index (χ1n) is 7.03. The molecule has 1 aliphatic heterocycles. The van der Waals surface area contributed by atoms with Gasteiger partial charge < -0.3 is 9.64 Å². The van der Waals surface area contributed by atoms with E-state index in [9.17, 15) is 4.79 Å². The first-order chi connectivity index (χ1) is 9.13. The van der Waals surface area contributed by atoms with Gasteiger partial charge in [-0.3, -0.25) is 0 Å². The Hall–Kier alpha value is -1.10. The van der Waals surface area contributed by atoms with Crippen molar-refractivity contribution in [2.24, 2.45) is 5.41 Å². The lowest BCUT2D eigenvalue weighted by Crippen LogP contribution is -2.36. The molecule has 1 aromatic heterocycles. The molecule has 2 fully saturated rings. The Morgan fingerprint density at radius 3 is 2.95 bits per heavy atom. The van der Waals surface area contributed by atoms with Gasteiger partial charge in [0.25, 0.3) is 0 Å². The van der Waals surface area contributed by atoms with E-state index in [-0.39, 0.29) is 5.97 Å². The van der Waals surface area contributed by atoms with E-state index in [1.165, 1.54) is 37.0 Å². The molecule has 1 spiro atoms. The summed E-state index contributed by atoms with van der Waals surface area (Å²) in [5.74, 6) is -0.234. The summed E-state index contributed by atoms with van der Waals surface area (Å²) in [5, 5.41) is 0.992. The van der Waals surface area contributed by atoms with E-state index in [4.69, 9.17) is 4.74 Å². The summed E-state index contributed by atoms with van der Waals surface area (Å²) in [6.45, 7) is 6.32. The van der Waals surface area contributed by atoms with Crippen LogP contribution in [0.2, 0.25) is 0 Å². The van der Waals surface area contributed by atoms with Crippen LogP contribution in [-0.4, -0.2) is 30.6 Å². The lowest BCUT2D eigenvalue weighted by atomic mass is 9.95. The maximum atomic E-state index is 11.8. The molecular formula is C14H20N2O2S. The number of carbonyl (C=O) groups is 1. The first kappa shape index (κ1) is 12.9. The molecule has 1 saturated carbocycles. The van der Waals surface area contributed by atoms with Crippen molar-refractivity contribution in [1.82, 2.24) is 4.98 Å². The zero-order valence-corrected chi connectivity index (χ0v) is 12.4.